The largest absolute Gasteiger partial charge is 0.636 e. The highest BCUT2D eigenvalue weighted by molar-refractivity contribution is 6.61. The number of nitrogens with zero attached hydrogens (tertiary/aromatic N) is 1. The molecule has 1 atom stereocenters. The lowest BCUT2D eigenvalue weighted by Crippen LogP contribution is -2.37. The zero-order valence-corrected chi connectivity index (χ0v) is 24.5. The molecule has 0 unspecified atom stereocenters. The predicted octanol–water partition coefficient (Wildman–Crippen LogP) is 5.47. The molecule has 0 amide bonds. The van der Waals surface area contributed by atoms with Crippen LogP contribution in [0.2, 0.25) is 0 Å². The molecule has 2 N–H and O–H groups in total. The Bertz CT molecular complexity index is 1420. The normalized spacial score (nSPS) is 19.5. The van der Waals surface area contributed by atoms with Crippen molar-refractivity contribution >= 4 is 12.6 Å². The first-order valence-corrected chi connectivity index (χ1v) is 13.8. The van der Waals surface area contributed by atoms with Crippen LogP contribution in [0.5, 0.6) is 11.5 Å². The molecule has 2 heterocycles. The summed E-state index contributed by atoms with van der Waals surface area (Å²) in [5.74, 6) is 0.227. The van der Waals surface area contributed by atoms with Crippen LogP contribution in [0.3, 0.4) is 0 Å². The van der Waals surface area contributed by atoms with Gasteiger partial charge in [-0.1, -0.05) is 30.3 Å². The summed E-state index contributed by atoms with van der Waals surface area (Å²) in [7, 11) is 0.609. The topological polar surface area (TPSA) is 99.1 Å². The quantitative estimate of drug-likeness (QED) is 0.340. The van der Waals surface area contributed by atoms with Gasteiger partial charge in [0.2, 0.25) is 0 Å². The number of aliphatic hydroxyl groups excluding tert-OH is 2. The summed E-state index contributed by atoms with van der Waals surface area (Å²) in [4.78, 5) is 1.42. The predicted molar refractivity (Wildman–Crippen MR) is 159 cm³/mol. The van der Waals surface area contributed by atoms with E-state index in [4.69, 9.17) is 28.3 Å². The standard InChI is InChI=1S/C32H36BNO8/c1-21-13-27(38-19-28-20-39-32(3,4)40-28)14-22(2)31(21)24-8-6-7-23(15-24)18-37-26-11-9-25(10-12-26)33-41-29(35)16-34(5)17-30(36)42-33/h6-17,28,35-36H,18-20H2,1-5H3/b29-16-,30-17?/t28-/m0/s1. The van der Waals surface area contributed by atoms with E-state index in [0.717, 1.165) is 33.6 Å². The van der Waals surface area contributed by atoms with Gasteiger partial charge in [0, 0.05) is 12.5 Å². The molecule has 2 aliphatic heterocycles. The fraction of sp³-hybridized carbons (Fsp3) is 0.312. The SMILES string of the molecule is Cc1cc(OC[C@H]2COC(C)(C)O2)cc(C)c1-c1cccc(COc2ccc(B3OC(O)=CN(C)/C=C(/O)O3)cc2)c1. The third-order valence-electron chi connectivity index (χ3n) is 6.87. The highest BCUT2D eigenvalue weighted by atomic mass is 16.7. The van der Waals surface area contributed by atoms with Gasteiger partial charge in [0.1, 0.15) is 30.8 Å². The average molecular weight is 573 g/mol. The molecule has 0 saturated carbocycles. The Labute approximate surface area is 246 Å². The fourth-order valence-electron chi connectivity index (χ4n) is 5.03. The third kappa shape index (κ3) is 7.32. The molecule has 0 bridgehead atoms. The summed E-state index contributed by atoms with van der Waals surface area (Å²) in [5, 5.41) is 19.9. The third-order valence-corrected chi connectivity index (χ3v) is 6.87. The molecule has 0 aliphatic carbocycles. The van der Waals surface area contributed by atoms with Gasteiger partial charge in [0.25, 0.3) is 11.9 Å². The first kappa shape index (κ1) is 29.2. The molecular weight excluding hydrogens is 537 g/mol. The summed E-state index contributed by atoms with van der Waals surface area (Å²) in [5.41, 5.74) is 6.13. The molecular formula is C32H36BNO8. The molecule has 3 aromatic rings. The van der Waals surface area contributed by atoms with E-state index in [0.29, 0.717) is 31.0 Å². The van der Waals surface area contributed by atoms with Crippen molar-refractivity contribution in [3.63, 3.8) is 0 Å². The van der Waals surface area contributed by atoms with Crippen molar-refractivity contribution in [1.29, 1.82) is 0 Å². The van der Waals surface area contributed by atoms with Gasteiger partial charge >= 0.3 is 7.12 Å². The van der Waals surface area contributed by atoms with Crippen molar-refractivity contribution in [2.24, 2.45) is 0 Å². The number of aryl methyl sites for hydroxylation is 2. The average Bonchev–Trinajstić information content (AvgIpc) is 3.28. The second-order valence-electron chi connectivity index (χ2n) is 10.9. The Morgan fingerprint density at radius 2 is 1.57 bits per heavy atom. The Morgan fingerprint density at radius 1 is 0.905 bits per heavy atom. The lowest BCUT2D eigenvalue weighted by Gasteiger charge is -2.20. The van der Waals surface area contributed by atoms with Crippen LogP contribution in [-0.2, 0) is 25.4 Å². The van der Waals surface area contributed by atoms with Crippen LogP contribution in [0, 0.1) is 13.8 Å². The maximum absolute atomic E-state index is 9.97. The first-order chi connectivity index (χ1) is 20.0. The molecule has 9 nitrogen and oxygen atoms in total. The second-order valence-corrected chi connectivity index (χ2v) is 10.9. The van der Waals surface area contributed by atoms with Crippen LogP contribution < -0.4 is 14.9 Å². The second kappa shape index (κ2) is 12.3. The smallest absolute Gasteiger partial charge is 0.494 e. The highest BCUT2D eigenvalue weighted by Gasteiger charge is 2.33. The Morgan fingerprint density at radius 3 is 2.19 bits per heavy atom. The minimum atomic E-state index is -1.02. The van der Waals surface area contributed by atoms with Gasteiger partial charge in [0.15, 0.2) is 5.79 Å². The summed E-state index contributed by atoms with van der Waals surface area (Å²) < 4.78 is 34.4. The zero-order chi connectivity index (χ0) is 29.9. The molecule has 220 valence electrons. The number of ether oxygens (including phenoxy) is 4. The molecule has 10 heteroatoms. The fourth-order valence-corrected chi connectivity index (χ4v) is 5.03. The van der Waals surface area contributed by atoms with Crippen molar-refractivity contribution in [2.75, 3.05) is 20.3 Å². The molecule has 42 heavy (non-hydrogen) atoms. The van der Waals surface area contributed by atoms with E-state index >= 15 is 0 Å². The molecule has 3 aromatic carbocycles. The summed E-state index contributed by atoms with van der Waals surface area (Å²) >= 11 is 0. The molecule has 0 spiro atoms. The van der Waals surface area contributed by atoms with Crippen LogP contribution in [0.1, 0.15) is 30.5 Å². The maximum Gasteiger partial charge on any atom is 0.636 e. The zero-order valence-electron chi connectivity index (χ0n) is 24.5. The lowest BCUT2D eigenvalue weighted by atomic mass is 9.79. The van der Waals surface area contributed by atoms with Crippen molar-refractivity contribution in [2.45, 2.75) is 46.2 Å². The van der Waals surface area contributed by atoms with E-state index in [2.05, 4.69) is 38.1 Å². The monoisotopic (exact) mass is 573 g/mol. The number of hydrogen-bond acceptors (Lipinski definition) is 9. The molecule has 0 radical (unpaired) electrons. The Balaban J connectivity index is 1.21. The lowest BCUT2D eigenvalue weighted by molar-refractivity contribution is -0.141. The van der Waals surface area contributed by atoms with E-state index in [1.54, 1.807) is 31.3 Å². The van der Waals surface area contributed by atoms with E-state index in [1.165, 1.54) is 17.3 Å². The minimum absolute atomic E-state index is 0.0883. The number of aliphatic hydroxyl groups is 2. The maximum atomic E-state index is 9.97. The van der Waals surface area contributed by atoms with Crippen LogP contribution in [0.15, 0.2) is 85.0 Å². The van der Waals surface area contributed by atoms with E-state index in [-0.39, 0.29) is 18.0 Å². The Kier molecular flexibility index (Phi) is 8.56. The molecule has 1 fully saturated rings. The first-order valence-electron chi connectivity index (χ1n) is 13.8. The van der Waals surface area contributed by atoms with Gasteiger partial charge in [-0.25, -0.2) is 0 Å². The van der Waals surface area contributed by atoms with Gasteiger partial charge in [-0.05, 0) is 85.8 Å². The van der Waals surface area contributed by atoms with E-state index < -0.39 is 12.9 Å². The van der Waals surface area contributed by atoms with Gasteiger partial charge in [-0.3, -0.25) is 0 Å². The number of benzene rings is 3. The van der Waals surface area contributed by atoms with Crippen molar-refractivity contribution < 1.29 is 38.5 Å². The van der Waals surface area contributed by atoms with E-state index in [1.807, 2.05) is 26.0 Å². The van der Waals surface area contributed by atoms with Gasteiger partial charge in [-0.15, -0.1) is 0 Å². The van der Waals surface area contributed by atoms with Gasteiger partial charge < -0.3 is 43.4 Å². The summed E-state index contributed by atoms with van der Waals surface area (Å²) in [6.07, 6.45) is 2.56. The van der Waals surface area contributed by atoms with Crippen LogP contribution >= 0.6 is 0 Å². The minimum Gasteiger partial charge on any atom is -0.494 e. The molecule has 0 aromatic heterocycles. The number of hydrogen-bond donors (Lipinski definition) is 2. The van der Waals surface area contributed by atoms with Crippen molar-refractivity contribution in [1.82, 2.24) is 4.90 Å². The Hall–Kier alpha value is -4.28. The van der Waals surface area contributed by atoms with Crippen LogP contribution in [0.4, 0.5) is 0 Å². The molecule has 2 aliphatic rings. The number of rotatable bonds is 8. The van der Waals surface area contributed by atoms with E-state index in [9.17, 15) is 10.2 Å². The summed E-state index contributed by atoms with van der Waals surface area (Å²) in [6.45, 7) is 9.33. The van der Waals surface area contributed by atoms with Gasteiger partial charge in [0.05, 0.1) is 19.0 Å². The van der Waals surface area contributed by atoms with Crippen LogP contribution in [-0.4, -0.2) is 54.4 Å². The molecule has 5 rings (SSSR count). The van der Waals surface area contributed by atoms with Crippen LogP contribution in [0.25, 0.3) is 11.1 Å². The highest BCUT2D eigenvalue weighted by Crippen LogP contribution is 2.32. The summed E-state index contributed by atoms with van der Waals surface area (Å²) in [6, 6.07) is 19.5. The van der Waals surface area contributed by atoms with Crippen molar-refractivity contribution in [3.8, 4) is 22.6 Å². The molecule has 1 saturated heterocycles. The van der Waals surface area contributed by atoms with Gasteiger partial charge in [-0.2, -0.15) is 0 Å². The van der Waals surface area contributed by atoms with Crippen molar-refractivity contribution in [3.05, 3.63) is 102 Å².